The maximum Gasteiger partial charge on any atom is 0.346 e. The molecule has 20 heavy (non-hydrogen) atoms. The quantitative estimate of drug-likeness (QED) is 0.801. The van der Waals surface area contributed by atoms with E-state index in [-0.39, 0.29) is 0 Å². The maximum absolute atomic E-state index is 14.1. The molecule has 0 bridgehead atoms. The number of carbonyl (C=O) groups excluding carboxylic acids is 1. The van der Waals surface area contributed by atoms with Gasteiger partial charge in [0.05, 0.1) is 7.11 Å². The van der Waals surface area contributed by atoms with E-state index in [1.165, 1.54) is 13.2 Å². The van der Waals surface area contributed by atoms with E-state index in [0.717, 1.165) is 5.56 Å². The van der Waals surface area contributed by atoms with E-state index in [2.05, 4.69) is 4.74 Å². The molecule has 2 aromatic rings. The zero-order chi connectivity index (χ0) is 14.5. The van der Waals surface area contributed by atoms with Crippen molar-refractivity contribution in [1.82, 2.24) is 0 Å². The van der Waals surface area contributed by atoms with Crippen LogP contribution in [0.3, 0.4) is 0 Å². The van der Waals surface area contributed by atoms with Crippen molar-refractivity contribution < 1.29 is 18.7 Å². The van der Waals surface area contributed by atoms with Crippen molar-refractivity contribution in [1.29, 1.82) is 0 Å². The van der Waals surface area contributed by atoms with Gasteiger partial charge in [-0.2, -0.15) is 0 Å². The Bertz CT molecular complexity index is 596. The fourth-order valence-electron chi connectivity index (χ4n) is 1.84. The van der Waals surface area contributed by atoms with Crippen LogP contribution in [0.1, 0.15) is 6.92 Å². The molecule has 2 aromatic carbocycles. The van der Waals surface area contributed by atoms with Crippen LogP contribution in [0.15, 0.2) is 48.5 Å². The van der Waals surface area contributed by atoms with Gasteiger partial charge in [-0.25, -0.2) is 9.18 Å². The Labute approximate surface area is 117 Å². The van der Waals surface area contributed by atoms with Gasteiger partial charge in [0.2, 0.25) is 0 Å². The van der Waals surface area contributed by atoms with Crippen LogP contribution in [0.5, 0.6) is 5.75 Å². The Hall–Kier alpha value is -2.36. The number of hydrogen-bond acceptors (Lipinski definition) is 3. The Kier molecular flexibility index (Phi) is 4.35. The molecular weight excluding hydrogens is 259 g/mol. The van der Waals surface area contributed by atoms with E-state index in [1.54, 1.807) is 19.1 Å². The van der Waals surface area contributed by atoms with Gasteiger partial charge in [-0.05, 0) is 24.6 Å². The summed E-state index contributed by atoms with van der Waals surface area (Å²) in [5.74, 6) is -0.608. The minimum Gasteiger partial charge on any atom is -0.479 e. The van der Waals surface area contributed by atoms with Crippen molar-refractivity contribution in [3.63, 3.8) is 0 Å². The van der Waals surface area contributed by atoms with Gasteiger partial charge in [-0.1, -0.05) is 30.3 Å². The molecule has 3 nitrogen and oxygen atoms in total. The van der Waals surface area contributed by atoms with Crippen LogP contribution in [0.25, 0.3) is 11.1 Å². The molecule has 0 aliphatic heterocycles. The Morgan fingerprint density at radius 2 is 1.85 bits per heavy atom. The van der Waals surface area contributed by atoms with Gasteiger partial charge >= 0.3 is 5.97 Å². The fourth-order valence-corrected chi connectivity index (χ4v) is 1.84. The molecule has 0 spiro atoms. The lowest BCUT2D eigenvalue weighted by atomic mass is 10.1. The van der Waals surface area contributed by atoms with Crippen LogP contribution in [-0.2, 0) is 9.53 Å². The van der Waals surface area contributed by atoms with Crippen LogP contribution in [0.4, 0.5) is 4.39 Å². The molecule has 0 unspecified atom stereocenters. The number of methoxy groups -OCH3 is 1. The topological polar surface area (TPSA) is 35.5 Å². The number of ether oxygens (including phenoxy) is 2. The first kappa shape index (κ1) is 14.1. The second-order valence-electron chi connectivity index (χ2n) is 4.29. The monoisotopic (exact) mass is 274 g/mol. The van der Waals surface area contributed by atoms with E-state index < -0.39 is 17.9 Å². The standard InChI is InChI=1S/C16H15FO3/c1-11(16(18)19-2)20-13-8-9-14(15(17)10-13)12-6-4-3-5-7-12/h3-11H,1-2H3/t11-/m0/s1. The molecule has 1 atom stereocenters. The average molecular weight is 274 g/mol. The SMILES string of the molecule is COC(=O)[C@H](C)Oc1ccc(-c2ccccc2)c(F)c1. The molecule has 0 aromatic heterocycles. The highest BCUT2D eigenvalue weighted by atomic mass is 19.1. The number of carbonyl (C=O) groups is 1. The third-order valence-electron chi connectivity index (χ3n) is 2.87. The number of halogens is 1. The molecule has 0 aliphatic rings. The van der Waals surface area contributed by atoms with Gasteiger partial charge < -0.3 is 9.47 Å². The van der Waals surface area contributed by atoms with Gasteiger partial charge in [0.1, 0.15) is 11.6 Å². The van der Waals surface area contributed by atoms with Crippen LogP contribution in [0.2, 0.25) is 0 Å². The lowest BCUT2D eigenvalue weighted by Gasteiger charge is -2.13. The zero-order valence-corrected chi connectivity index (χ0v) is 11.3. The molecule has 0 aliphatic carbocycles. The first-order valence-corrected chi connectivity index (χ1v) is 6.21. The summed E-state index contributed by atoms with van der Waals surface area (Å²) in [6, 6.07) is 13.7. The van der Waals surface area contributed by atoms with Crippen LogP contribution >= 0.6 is 0 Å². The van der Waals surface area contributed by atoms with Gasteiger partial charge in [0.15, 0.2) is 6.10 Å². The molecule has 0 radical (unpaired) electrons. The maximum atomic E-state index is 14.1. The highest BCUT2D eigenvalue weighted by molar-refractivity contribution is 5.74. The Morgan fingerprint density at radius 3 is 2.45 bits per heavy atom. The number of hydrogen-bond donors (Lipinski definition) is 0. The molecule has 4 heteroatoms. The van der Waals surface area contributed by atoms with E-state index in [9.17, 15) is 9.18 Å². The highest BCUT2D eigenvalue weighted by Gasteiger charge is 2.15. The largest absolute Gasteiger partial charge is 0.479 e. The Morgan fingerprint density at radius 1 is 1.15 bits per heavy atom. The van der Waals surface area contributed by atoms with Gasteiger partial charge in [0, 0.05) is 11.6 Å². The predicted molar refractivity (Wildman–Crippen MR) is 73.9 cm³/mol. The van der Waals surface area contributed by atoms with Gasteiger partial charge in [-0.15, -0.1) is 0 Å². The normalized spacial score (nSPS) is 11.8. The molecule has 0 N–H and O–H groups in total. The van der Waals surface area contributed by atoms with E-state index >= 15 is 0 Å². The summed E-state index contributed by atoms with van der Waals surface area (Å²) in [6.45, 7) is 1.55. The number of benzene rings is 2. The van der Waals surface area contributed by atoms with Gasteiger partial charge in [-0.3, -0.25) is 0 Å². The van der Waals surface area contributed by atoms with Crippen LogP contribution in [0, 0.1) is 5.82 Å². The predicted octanol–water partition coefficient (Wildman–Crippen LogP) is 3.43. The van der Waals surface area contributed by atoms with E-state index in [1.807, 2.05) is 30.3 Å². The van der Waals surface area contributed by atoms with Crippen molar-refractivity contribution in [2.75, 3.05) is 7.11 Å². The zero-order valence-electron chi connectivity index (χ0n) is 11.3. The van der Waals surface area contributed by atoms with E-state index in [4.69, 9.17) is 4.74 Å². The molecule has 0 fully saturated rings. The minimum absolute atomic E-state index is 0.292. The molecule has 2 rings (SSSR count). The van der Waals surface area contributed by atoms with Crippen molar-refractivity contribution in [2.24, 2.45) is 0 Å². The summed E-state index contributed by atoms with van der Waals surface area (Å²) in [5, 5.41) is 0. The fraction of sp³-hybridized carbons (Fsp3) is 0.188. The third-order valence-corrected chi connectivity index (χ3v) is 2.87. The third kappa shape index (κ3) is 3.15. The summed E-state index contributed by atoms with van der Waals surface area (Å²) >= 11 is 0. The first-order valence-electron chi connectivity index (χ1n) is 6.21. The van der Waals surface area contributed by atoms with Crippen molar-refractivity contribution in [3.05, 3.63) is 54.3 Å². The lowest BCUT2D eigenvalue weighted by molar-refractivity contribution is -0.147. The van der Waals surface area contributed by atoms with Gasteiger partial charge in [0.25, 0.3) is 0 Å². The molecule has 104 valence electrons. The average Bonchev–Trinajstić information content (AvgIpc) is 2.47. The van der Waals surface area contributed by atoms with Crippen LogP contribution in [-0.4, -0.2) is 19.2 Å². The van der Waals surface area contributed by atoms with Crippen molar-refractivity contribution in [3.8, 4) is 16.9 Å². The van der Waals surface area contributed by atoms with Crippen LogP contribution < -0.4 is 4.74 Å². The lowest BCUT2D eigenvalue weighted by Crippen LogP contribution is -2.24. The summed E-state index contributed by atoms with van der Waals surface area (Å²) in [6.07, 6.45) is -0.776. The molecule has 0 saturated carbocycles. The summed E-state index contributed by atoms with van der Waals surface area (Å²) in [5.41, 5.74) is 1.28. The second kappa shape index (κ2) is 6.19. The Balaban J connectivity index is 2.20. The molecule has 0 heterocycles. The number of esters is 1. The van der Waals surface area contributed by atoms with E-state index in [0.29, 0.717) is 11.3 Å². The summed E-state index contributed by atoms with van der Waals surface area (Å²) < 4.78 is 23.9. The summed E-state index contributed by atoms with van der Waals surface area (Å²) in [7, 11) is 1.28. The van der Waals surface area contributed by atoms with Crippen molar-refractivity contribution in [2.45, 2.75) is 13.0 Å². The van der Waals surface area contributed by atoms with Crippen molar-refractivity contribution >= 4 is 5.97 Å². The molecular formula is C16H15FO3. The molecule has 0 amide bonds. The minimum atomic E-state index is -0.776. The highest BCUT2D eigenvalue weighted by Crippen LogP contribution is 2.26. The smallest absolute Gasteiger partial charge is 0.346 e. The number of rotatable bonds is 4. The summed E-state index contributed by atoms with van der Waals surface area (Å²) in [4.78, 5) is 11.2. The first-order chi connectivity index (χ1) is 9.61. The molecule has 0 saturated heterocycles. The second-order valence-corrected chi connectivity index (χ2v) is 4.29.